The van der Waals surface area contributed by atoms with E-state index in [-0.39, 0.29) is 11.8 Å². The summed E-state index contributed by atoms with van der Waals surface area (Å²) in [4.78, 5) is 29.4. The van der Waals surface area contributed by atoms with Gasteiger partial charge >= 0.3 is 0 Å². The van der Waals surface area contributed by atoms with E-state index in [4.69, 9.17) is 0 Å². The van der Waals surface area contributed by atoms with Crippen LogP contribution in [0, 0.1) is 0 Å². The number of carbonyl (C=O) groups excluding carboxylic acids is 2. The maximum absolute atomic E-state index is 13.1. The van der Waals surface area contributed by atoms with Crippen LogP contribution in [0.15, 0.2) is 54.9 Å². The second-order valence-corrected chi connectivity index (χ2v) is 6.87. The second-order valence-electron chi connectivity index (χ2n) is 6.87. The first kappa shape index (κ1) is 18.1. The molecule has 0 spiro atoms. The third-order valence-electron chi connectivity index (χ3n) is 4.84. The van der Waals surface area contributed by atoms with Crippen LogP contribution in [-0.4, -0.2) is 28.9 Å². The minimum Gasteiger partial charge on any atom is -0.354 e. The molecule has 3 rings (SSSR count). The molecule has 1 aromatic heterocycles. The van der Waals surface area contributed by atoms with E-state index in [0.29, 0.717) is 25.8 Å². The fourth-order valence-corrected chi connectivity index (χ4v) is 3.47. The molecule has 0 saturated carbocycles. The quantitative estimate of drug-likeness (QED) is 0.840. The van der Waals surface area contributed by atoms with Gasteiger partial charge in [-0.05, 0) is 36.5 Å². The van der Waals surface area contributed by atoms with E-state index < -0.39 is 5.54 Å². The highest BCUT2D eigenvalue weighted by molar-refractivity contribution is 5.92. The predicted octanol–water partition coefficient (Wildman–Crippen LogP) is 2.41. The van der Waals surface area contributed by atoms with E-state index >= 15 is 0 Å². The molecule has 0 radical (unpaired) electrons. The number of pyridine rings is 1. The van der Waals surface area contributed by atoms with Crippen molar-refractivity contribution in [3.05, 3.63) is 66.0 Å². The summed E-state index contributed by atoms with van der Waals surface area (Å²) in [6.45, 7) is 0.549. The molecule has 1 unspecified atom stereocenters. The Balaban J connectivity index is 1.71. The Morgan fingerprint density at radius 2 is 1.92 bits per heavy atom. The van der Waals surface area contributed by atoms with Crippen LogP contribution in [0.25, 0.3) is 0 Å². The lowest BCUT2D eigenvalue weighted by atomic mass is 9.86. The Hall–Kier alpha value is -2.69. The van der Waals surface area contributed by atoms with Crippen LogP contribution in [0.2, 0.25) is 0 Å². The van der Waals surface area contributed by atoms with E-state index in [1.807, 2.05) is 42.5 Å². The van der Waals surface area contributed by atoms with Gasteiger partial charge in [-0.2, -0.15) is 0 Å². The predicted molar refractivity (Wildman–Crippen MR) is 100 cm³/mol. The zero-order chi connectivity index (χ0) is 18.2. The van der Waals surface area contributed by atoms with Gasteiger partial charge in [-0.3, -0.25) is 14.6 Å². The van der Waals surface area contributed by atoms with Crippen molar-refractivity contribution in [1.29, 1.82) is 0 Å². The van der Waals surface area contributed by atoms with Crippen molar-refractivity contribution in [2.24, 2.45) is 0 Å². The average molecular weight is 351 g/mol. The SMILES string of the molecule is O=C1CCCCC(Cc2cccnc2)(C(=O)NCCc2ccccc2)N1. The van der Waals surface area contributed by atoms with Crippen molar-refractivity contribution < 1.29 is 9.59 Å². The topological polar surface area (TPSA) is 71.1 Å². The molecule has 1 atom stereocenters. The van der Waals surface area contributed by atoms with E-state index in [0.717, 1.165) is 24.8 Å². The molecule has 1 aliphatic rings. The number of amides is 2. The second kappa shape index (κ2) is 8.61. The van der Waals surface area contributed by atoms with Crippen molar-refractivity contribution >= 4 is 11.8 Å². The van der Waals surface area contributed by atoms with Crippen LogP contribution in [0.1, 0.15) is 36.8 Å². The molecule has 1 aromatic carbocycles. The molecule has 5 heteroatoms. The fraction of sp³-hybridized carbons (Fsp3) is 0.381. The zero-order valence-corrected chi connectivity index (χ0v) is 14.9. The fourth-order valence-electron chi connectivity index (χ4n) is 3.47. The number of hydrogen-bond donors (Lipinski definition) is 2. The van der Waals surface area contributed by atoms with Crippen LogP contribution in [-0.2, 0) is 22.4 Å². The largest absolute Gasteiger partial charge is 0.354 e. The van der Waals surface area contributed by atoms with Crippen LogP contribution in [0.4, 0.5) is 0 Å². The van der Waals surface area contributed by atoms with Crippen LogP contribution < -0.4 is 10.6 Å². The van der Waals surface area contributed by atoms with Gasteiger partial charge in [-0.1, -0.05) is 42.8 Å². The number of rotatable bonds is 6. The molecule has 2 heterocycles. The minimum atomic E-state index is -0.896. The Morgan fingerprint density at radius 1 is 1.12 bits per heavy atom. The van der Waals surface area contributed by atoms with Crippen molar-refractivity contribution in [3.63, 3.8) is 0 Å². The van der Waals surface area contributed by atoms with Crippen LogP contribution in [0.5, 0.6) is 0 Å². The smallest absolute Gasteiger partial charge is 0.246 e. The maximum atomic E-state index is 13.1. The van der Waals surface area contributed by atoms with E-state index in [9.17, 15) is 9.59 Å². The first-order valence-electron chi connectivity index (χ1n) is 9.20. The van der Waals surface area contributed by atoms with Gasteiger partial charge < -0.3 is 10.6 Å². The third kappa shape index (κ3) is 4.69. The summed E-state index contributed by atoms with van der Waals surface area (Å²) in [7, 11) is 0. The summed E-state index contributed by atoms with van der Waals surface area (Å²) in [5.74, 6) is -0.155. The Morgan fingerprint density at radius 3 is 2.69 bits per heavy atom. The normalized spacial score (nSPS) is 20.1. The third-order valence-corrected chi connectivity index (χ3v) is 4.84. The summed E-state index contributed by atoms with van der Waals surface area (Å²) in [5.41, 5.74) is 1.24. The lowest BCUT2D eigenvalue weighted by molar-refractivity contribution is -0.133. The Bertz CT molecular complexity index is 733. The molecular weight excluding hydrogens is 326 g/mol. The molecule has 26 heavy (non-hydrogen) atoms. The molecule has 1 saturated heterocycles. The molecule has 2 aromatic rings. The summed E-state index contributed by atoms with van der Waals surface area (Å²) in [5, 5.41) is 6.05. The number of aromatic nitrogens is 1. The van der Waals surface area contributed by atoms with E-state index in [1.54, 1.807) is 12.4 Å². The molecule has 2 N–H and O–H groups in total. The highest BCUT2D eigenvalue weighted by Crippen LogP contribution is 2.24. The number of hydrogen-bond acceptors (Lipinski definition) is 3. The molecule has 5 nitrogen and oxygen atoms in total. The maximum Gasteiger partial charge on any atom is 0.246 e. The first-order valence-corrected chi connectivity index (χ1v) is 9.20. The van der Waals surface area contributed by atoms with Crippen molar-refractivity contribution in [2.75, 3.05) is 6.54 Å². The van der Waals surface area contributed by atoms with Gasteiger partial charge in [0, 0.05) is 31.8 Å². The van der Waals surface area contributed by atoms with Gasteiger partial charge in [-0.15, -0.1) is 0 Å². The highest BCUT2D eigenvalue weighted by atomic mass is 16.2. The highest BCUT2D eigenvalue weighted by Gasteiger charge is 2.40. The molecule has 2 amide bonds. The zero-order valence-electron chi connectivity index (χ0n) is 14.9. The molecule has 0 aliphatic carbocycles. The molecule has 1 fully saturated rings. The van der Waals surface area contributed by atoms with Crippen LogP contribution in [0.3, 0.4) is 0 Å². The van der Waals surface area contributed by atoms with Crippen LogP contribution >= 0.6 is 0 Å². The van der Waals surface area contributed by atoms with E-state index in [2.05, 4.69) is 15.6 Å². The number of carbonyl (C=O) groups is 2. The summed E-state index contributed by atoms with van der Waals surface area (Å²) in [6.07, 6.45) is 7.49. The van der Waals surface area contributed by atoms with Gasteiger partial charge in [0.25, 0.3) is 0 Å². The lowest BCUT2D eigenvalue weighted by Gasteiger charge is -2.32. The van der Waals surface area contributed by atoms with Gasteiger partial charge in [0.05, 0.1) is 0 Å². The van der Waals surface area contributed by atoms with Gasteiger partial charge in [0.2, 0.25) is 11.8 Å². The molecule has 136 valence electrons. The van der Waals surface area contributed by atoms with Crippen molar-refractivity contribution in [1.82, 2.24) is 15.6 Å². The number of benzene rings is 1. The van der Waals surface area contributed by atoms with Gasteiger partial charge in [0.1, 0.15) is 5.54 Å². The Labute approximate surface area is 154 Å². The molecule has 1 aliphatic heterocycles. The van der Waals surface area contributed by atoms with E-state index in [1.165, 1.54) is 5.56 Å². The number of nitrogens with one attached hydrogen (secondary N) is 2. The average Bonchev–Trinajstić information content (AvgIpc) is 2.85. The first-order chi connectivity index (χ1) is 12.7. The van der Waals surface area contributed by atoms with Gasteiger partial charge in [-0.25, -0.2) is 0 Å². The molecule has 0 bridgehead atoms. The summed E-state index contributed by atoms with van der Waals surface area (Å²) < 4.78 is 0. The summed E-state index contributed by atoms with van der Waals surface area (Å²) >= 11 is 0. The van der Waals surface area contributed by atoms with Crippen molar-refractivity contribution in [3.8, 4) is 0 Å². The number of nitrogens with zero attached hydrogens (tertiary/aromatic N) is 1. The lowest BCUT2D eigenvalue weighted by Crippen LogP contribution is -2.59. The minimum absolute atomic E-state index is 0.0513. The Kier molecular flexibility index (Phi) is 6.00. The van der Waals surface area contributed by atoms with Crippen molar-refractivity contribution in [2.45, 2.75) is 44.1 Å². The van der Waals surface area contributed by atoms with Gasteiger partial charge in [0.15, 0.2) is 0 Å². The standard InChI is InChI=1S/C21H25N3O2/c25-19-10-4-5-12-21(24-19,15-18-9-6-13-22-16-18)20(26)23-14-11-17-7-2-1-3-8-17/h1-3,6-9,13,16H,4-5,10-12,14-15H2,(H,23,26)(H,24,25). The molecular formula is C21H25N3O2. The summed E-state index contributed by atoms with van der Waals surface area (Å²) in [6, 6.07) is 13.9. The monoisotopic (exact) mass is 351 g/mol.